The third-order valence-corrected chi connectivity index (χ3v) is 6.74. The number of amides is 1. The van der Waals surface area contributed by atoms with Gasteiger partial charge in [0.25, 0.3) is 5.91 Å². The van der Waals surface area contributed by atoms with Gasteiger partial charge in [-0.15, -0.1) is 0 Å². The van der Waals surface area contributed by atoms with Crippen LogP contribution in [0.2, 0.25) is 0 Å². The summed E-state index contributed by atoms with van der Waals surface area (Å²) in [4.78, 5) is 12.8. The van der Waals surface area contributed by atoms with Crippen molar-refractivity contribution in [3.05, 3.63) is 54.1 Å². The largest absolute Gasteiger partial charge is 0.490 e. The highest BCUT2D eigenvalue weighted by Gasteiger charge is 2.26. The smallest absolute Gasteiger partial charge is 0.261 e. The van der Waals surface area contributed by atoms with Gasteiger partial charge >= 0.3 is 0 Å². The molecule has 1 saturated heterocycles. The first-order valence-corrected chi connectivity index (χ1v) is 11.8. The molecule has 3 rings (SSSR count). The minimum Gasteiger partial charge on any atom is -0.490 e. The first-order valence-electron chi connectivity index (χ1n) is 9.93. The van der Waals surface area contributed by atoms with Crippen molar-refractivity contribution >= 4 is 38.9 Å². The number of carbonyl (C=O) groups is 1. The minimum absolute atomic E-state index is 0.0745. The Bertz CT molecular complexity index is 1040. The predicted octanol–water partition coefficient (Wildman–Crippen LogP) is 1.86. The molecule has 2 aromatic rings. The topological polar surface area (TPSA) is 106 Å². The molecule has 9 nitrogen and oxygen atoms in total. The number of sulfonamides is 1. The van der Waals surface area contributed by atoms with E-state index in [4.69, 9.17) is 26.4 Å². The average molecular weight is 480 g/mol. The molecule has 11 heteroatoms. The normalized spacial score (nSPS) is 14.5. The van der Waals surface area contributed by atoms with Crippen LogP contribution in [0.4, 0.5) is 5.69 Å². The standard InChI is InChI=1S/C21H25N3O6S2/c1-28-14-15-30-19-5-3-2-4-18(19)20(25)23-21(31)22-16-6-8-17(9-7-16)32(26,27)24-10-12-29-13-11-24/h2-9H,10-15H2,1H3,(H2,22,23,25,31). The Morgan fingerprint density at radius 1 is 1.09 bits per heavy atom. The molecule has 0 aromatic heterocycles. The fourth-order valence-electron chi connectivity index (χ4n) is 2.99. The average Bonchev–Trinajstić information content (AvgIpc) is 2.80. The second-order valence-corrected chi connectivity index (χ2v) is 9.13. The summed E-state index contributed by atoms with van der Waals surface area (Å²) in [6.45, 7) is 2.13. The van der Waals surface area contributed by atoms with Crippen molar-refractivity contribution in [1.82, 2.24) is 9.62 Å². The number of ether oxygens (including phenoxy) is 3. The second-order valence-electron chi connectivity index (χ2n) is 6.79. The lowest BCUT2D eigenvalue weighted by Crippen LogP contribution is -2.40. The van der Waals surface area contributed by atoms with E-state index in [9.17, 15) is 13.2 Å². The number of nitrogens with zero attached hydrogens (tertiary/aromatic N) is 1. The molecule has 0 radical (unpaired) electrons. The molecule has 1 amide bonds. The van der Waals surface area contributed by atoms with Gasteiger partial charge in [0.1, 0.15) is 12.4 Å². The summed E-state index contributed by atoms with van der Waals surface area (Å²) >= 11 is 5.23. The van der Waals surface area contributed by atoms with Crippen LogP contribution < -0.4 is 15.4 Å². The van der Waals surface area contributed by atoms with Crippen LogP contribution in [0.1, 0.15) is 10.4 Å². The van der Waals surface area contributed by atoms with E-state index in [0.717, 1.165) is 0 Å². The molecule has 0 bridgehead atoms. The van der Waals surface area contributed by atoms with Crippen molar-refractivity contribution in [2.75, 3.05) is 51.9 Å². The Kier molecular flexibility index (Phi) is 8.53. The molecule has 2 aromatic carbocycles. The second kappa shape index (κ2) is 11.3. The molecular weight excluding hydrogens is 454 g/mol. The number of para-hydroxylation sites is 1. The Balaban J connectivity index is 1.60. The fraction of sp³-hybridized carbons (Fsp3) is 0.333. The molecule has 0 unspecified atom stereocenters. The summed E-state index contributed by atoms with van der Waals surface area (Å²) in [5.74, 6) is -0.00967. The van der Waals surface area contributed by atoms with E-state index in [2.05, 4.69) is 10.6 Å². The molecule has 0 spiro atoms. The van der Waals surface area contributed by atoms with E-state index < -0.39 is 15.9 Å². The lowest BCUT2D eigenvalue weighted by molar-refractivity contribution is 0.0730. The summed E-state index contributed by atoms with van der Waals surface area (Å²) < 4.78 is 42.5. The van der Waals surface area contributed by atoms with Crippen LogP contribution >= 0.6 is 12.2 Å². The summed E-state index contributed by atoms with van der Waals surface area (Å²) in [6, 6.07) is 13.0. The van der Waals surface area contributed by atoms with Crippen LogP contribution in [0.15, 0.2) is 53.4 Å². The molecular formula is C21H25N3O6S2. The highest BCUT2D eigenvalue weighted by molar-refractivity contribution is 7.89. The first-order chi connectivity index (χ1) is 15.4. The van der Waals surface area contributed by atoms with E-state index in [1.165, 1.54) is 16.4 Å². The highest BCUT2D eigenvalue weighted by atomic mass is 32.2. The fourth-order valence-corrected chi connectivity index (χ4v) is 4.61. The van der Waals surface area contributed by atoms with Gasteiger partial charge in [-0.2, -0.15) is 4.31 Å². The summed E-state index contributed by atoms with van der Waals surface area (Å²) in [5.41, 5.74) is 0.876. The van der Waals surface area contributed by atoms with Gasteiger partial charge in [-0.25, -0.2) is 8.42 Å². The lowest BCUT2D eigenvalue weighted by Gasteiger charge is -2.26. The van der Waals surface area contributed by atoms with Gasteiger partial charge in [0.05, 0.1) is 30.3 Å². The van der Waals surface area contributed by atoms with Gasteiger partial charge in [0.2, 0.25) is 10.0 Å². The molecule has 0 saturated carbocycles. The summed E-state index contributed by atoms with van der Waals surface area (Å²) in [7, 11) is -2.01. The lowest BCUT2D eigenvalue weighted by atomic mass is 10.2. The third kappa shape index (κ3) is 6.24. The van der Waals surface area contributed by atoms with E-state index in [1.807, 2.05) is 0 Å². The third-order valence-electron chi connectivity index (χ3n) is 4.62. The van der Waals surface area contributed by atoms with Crippen LogP contribution in [0.5, 0.6) is 5.75 Å². The van der Waals surface area contributed by atoms with Crippen LogP contribution in [0.25, 0.3) is 0 Å². The first kappa shape index (κ1) is 24.1. The Labute approximate surface area is 192 Å². The van der Waals surface area contributed by atoms with Crippen molar-refractivity contribution in [2.45, 2.75) is 4.90 Å². The number of thiocarbonyl (C=S) groups is 1. The zero-order valence-electron chi connectivity index (χ0n) is 17.6. The Morgan fingerprint density at radius 3 is 2.47 bits per heavy atom. The van der Waals surface area contributed by atoms with Crippen molar-refractivity contribution < 1.29 is 27.4 Å². The molecule has 1 heterocycles. The van der Waals surface area contributed by atoms with Crippen molar-refractivity contribution in [2.24, 2.45) is 0 Å². The van der Waals surface area contributed by atoms with E-state index in [1.54, 1.807) is 43.5 Å². The van der Waals surface area contributed by atoms with Crippen LogP contribution in [-0.2, 0) is 19.5 Å². The molecule has 2 N–H and O–H groups in total. The number of benzene rings is 2. The van der Waals surface area contributed by atoms with Gasteiger partial charge in [0.15, 0.2) is 5.11 Å². The zero-order chi connectivity index (χ0) is 23.0. The number of carbonyl (C=O) groups excluding carboxylic acids is 1. The SMILES string of the molecule is COCCOc1ccccc1C(=O)NC(=S)Nc1ccc(S(=O)(=O)N2CCOCC2)cc1. The molecule has 1 fully saturated rings. The molecule has 172 valence electrons. The van der Waals surface area contributed by atoms with E-state index in [-0.39, 0.29) is 10.0 Å². The maximum absolute atomic E-state index is 12.7. The van der Waals surface area contributed by atoms with Crippen molar-refractivity contribution in [3.8, 4) is 5.75 Å². The highest BCUT2D eigenvalue weighted by Crippen LogP contribution is 2.20. The van der Waals surface area contributed by atoms with E-state index in [0.29, 0.717) is 56.5 Å². The summed E-state index contributed by atoms with van der Waals surface area (Å²) in [6.07, 6.45) is 0. The number of hydrogen-bond acceptors (Lipinski definition) is 7. The van der Waals surface area contributed by atoms with Crippen LogP contribution in [0.3, 0.4) is 0 Å². The molecule has 0 atom stereocenters. The van der Waals surface area contributed by atoms with Crippen LogP contribution in [-0.4, -0.2) is 70.4 Å². The number of nitrogens with one attached hydrogen (secondary N) is 2. The maximum atomic E-state index is 12.7. The van der Waals surface area contributed by atoms with E-state index >= 15 is 0 Å². The van der Waals surface area contributed by atoms with Crippen molar-refractivity contribution in [3.63, 3.8) is 0 Å². The number of rotatable bonds is 8. The summed E-state index contributed by atoms with van der Waals surface area (Å²) in [5, 5.41) is 5.56. The number of anilines is 1. The molecule has 1 aliphatic heterocycles. The van der Waals surface area contributed by atoms with Crippen LogP contribution in [0, 0.1) is 0 Å². The number of morpholine rings is 1. The monoisotopic (exact) mass is 479 g/mol. The Morgan fingerprint density at radius 2 is 1.78 bits per heavy atom. The Hall–Kier alpha value is -2.57. The van der Waals surface area contributed by atoms with Crippen molar-refractivity contribution in [1.29, 1.82) is 0 Å². The molecule has 32 heavy (non-hydrogen) atoms. The maximum Gasteiger partial charge on any atom is 0.261 e. The van der Waals surface area contributed by atoms with Gasteiger partial charge in [-0.05, 0) is 48.6 Å². The quantitative estimate of drug-likeness (QED) is 0.437. The zero-order valence-corrected chi connectivity index (χ0v) is 19.2. The number of methoxy groups -OCH3 is 1. The van der Waals surface area contributed by atoms with Gasteiger partial charge in [-0.3, -0.25) is 10.1 Å². The van der Waals surface area contributed by atoms with Gasteiger partial charge < -0.3 is 19.5 Å². The predicted molar refractivity (Wildman–Crippen MR) is 124 cm³/mol. The minimum atomic E-state index is -3.58. The number of hydrogen-bond donors (Lipinski definition) is 2. The molecule has 0 aliphatic carbocycles. The van der Waals surface area contributed by atoms with Gasteiger partial charge in [-0.1, -0.05) is 12.1 Å². The van der Waals surface area contributed by atoms with Gasteiger partial charge in [0, 0.05) is 25.9 Å². The molecule has 1 aliphatic rings.